The zero-order chi connectivity index (χ0) is 20.2. The van der Waals surface area contributed by atoms with Gasteiger partial charge in [-0.25, -0.2) is 8.78 Å². The first-order chi connectivity index (χ1) is 14.1. The highest BCUT2D eigenvalue weighted by atomic mass is 19.1. The molecule has 1 amide bonds. The monoisotopic (exact) mass is 392 g/mol. The minimum atomic E-state index is -0.353. The number of piperidine rings is 1. The van der Waals surface area contributed by atoms with Crippen LogP contribution < -0.4 is 0 Å². The molecule has 0 N–H and O–H groups in total. The van der Waals surface area contributed by atoms with E-state index in [0.29, 0.717) is 30.6 Å². The number of carbonyl (C=O) groups is 1. The summed E-state index contributed by atoms with van der Waals surface area (Å²) in [5.74, 6) is -0.534. The number of pyridine rings is 1. The van der Waals surface area contributed by atoms with Gasteiger partial charge in [-0.2, -0.15) is 0 Å². The van der Waals surface area contributed by atoms with Crippen molar-refractivity contribution >= 4 is 5.91 Å². The van der Waals surface area contributed by atoms with Crippen LogP contribution in [0.4, 0.5) is 8.78 Å². The Morgan fingerprint density at radius 1 is 1.00 bits per heavy atom. The Morgan fingerprint density at radius 3 is 2.59 bits per heavy atom. The zero-order valence-electron chi connectivity index (χ0n) is 16.0. The molecule has 0 aliphatic carbocycles. The third kappa shape index (κ3) is 4.50. The molecule has 5 heteroatoms. The van der Waals surface area contributed by atoms with E-state index in [4.69, 9.17) is 4.98 Å². The van der Waals surface area contributed by atoms with Crippen LogP contribution in [0.3, 0.4) is 0 Å². The van der Waals surface area contributed by atoms with Crippen LogP contribution in [0, 0.1) is 11.6 Å². The van der Waals surface area contributed by atoms with Gasteiger partial charge in [-0.15, -0.1) is 0 Å². The Bertz CT molecular complexity index is 1000. The maximum atomic E-state index is 14.0. The fraction of sp³-hybridized carbons (Fsp3) is 0.250. The molecule has 0 radical (unpaired) electrons. The standard InChI is InChI=1S/C24H22F2N2O/c25-20-12-10-17(11-13-20)24(29)28-14-4-6-19(16-28)23-9-3-7-21(27-23)15-18-5-1-2-8-22(18)26/h1-3,5,7-13,19H,4,6,14-16H2/t19-/m1/s1. The first-order valence-electron chi connectivity index (χ1n) is 9.84. The molecule has 3 nitrogen and oxygen atoms in total. The molecule has 1 aromatic heterocycles. The largest absolute Gasteiger partial charge is 0.338 e. The summed E-state index contributed by atoms with van der Waals surface area (Å²) in [4.78, 5) is 19.3. The topological polar surface area (TPSA) is 33.2 Å². The number of hydrogen-bond acceptors (Lipinski definition) is 2. The van der Waals surface area contributed by atoms with Gasteiger partial charge in [0.1, 0.15) is 11.6 Å². The Kier molecular flexibility index (Phi) is 5.65. The number of amides is 1. The second kappa shape index (κ2) is 8.52. The predicted molar refractivity (Wildman–Crippen MR) is 108 cm³/mol. The van der Waals surface area contributed by atoms with Crippen LogP contribution in [0.1, 0.15) is 46.1 Å². The first kappa shape index (κ1) is 19.2. The second-order valence-corrected chi connectivity index (χ2v) is 7.42. The maximum absolute atomic E-state index is 14.0. The van der Waals surface area contributed by atoms with E-state index in [0.717, 1.165) is 24.2 Å². The van der Waals surface area contributed by atoms with Gasteiger partial charge in [0.15, 0.2) is 0 Å². The van der Waals surface area contributed by atoms with E-state index >= 15 is 0 Å². The van der Waals surface area contributed by atoms with Gasteiger partial charge in [-0.05, 0) is 60.9 Å². The van der Waals surface area contributed by atoms with Gasteiger partial charge in [0.2, 0.25) is 0 Å². The minimum Gasteiger partial charge on any atom is -0.338 e. The molecule has 0 bridgehead atoms. The van der Waals surface area contributed by atoms with Crippen LogP contribution in [0.2, 0.25) is 0 Å². The molecule has 0 unspecified atom stereocenters. The summed E-state index contributed by atoms with van der Waals surface area (Å²) in [7, 11) is 0. The van der Waals surface area contributed by atoms with E-state index in [-0.39, 0.29) is 23.5 Å². The van der Waals surface area contributed by atoms with Crippen molar-refractivity contribution in [2.45, 2.75) is 25.2 Å². The van der Waals surface area contributed by atoms with Crippen LogP contribution in [-0.2, 0) is 6.42 Å². The number of rotatable bonds is 4. The normalized spacial score (nSPS) is 16.6. The van der Waals surface area contributed by atoms with Crippen molar-refractivity contribution in [1.82, 2.24) is 9.88 Å². The van der Waals surface area contributed by atoms with E-state index in [1.807, 2.05) is 29.2 Å². The summed E-state index contributed by atoms with van der Waals surface area (Å²) in [5.41, 5.74) is 2.85. The highest BCUT2D eigenvalue weighted by Crippen LogP contribution is 2.27. The average molecular weight is 392 g/mol. The van der Waals surface area contributed by atoms with E-state index in [1.54, 1.807) is 12.1 Å². The lowest BCUT2D eigenvalue weighted by molar-refractivity contribution is 0.0706. The molecule has 29 heavy (non-hydrogen) atoms. The summed E-state index contributed by atoms with van der Waals surface area (Å²) in [6, 6.07) is 18.2. The Hall–Kier alpha value is -3.08. The zero-order valence-corrected chi connectivity index (χ0v) is 16.0. The van der Waals surface area contributed by atoms with Gasteiger partial charge < -0.3 is 4.90 Å². The molecule has 0 saturated carbocycles. The van der Waals surface area contributed by atoms with Crippen molar-refractivity contribution in [3.63, 3.8) is 0 Å². The molecule has 1 aliphatic rings. The Labute approximate surface area is 169 Å². The third-order valence-electron chi connectivity index (χ3n) is 5.38. The van der Waals surface area contributed by atoms with Crippen molar-refractivity contribution in [1.29, 1.82) is 0 Å². The maximum Gasteiger partial charge on any atom is 0.253 e. The number of nitrogens with zero attached hydrogens (tertiary/aromatic N) is 2. The summed E-state index contributed by atoms with van der Waals surface area (Å²) in [6.07, 6.45) is 2.27. The van der Waals surface area contributed by atoms with Crippen molar-refractivity contribution < 1.29 is 13.6 Å². The smallest absolute Gasteiger partial charge is 0.253 e. The Balaban J connectivity index is 1.49. The summed E-state index contributed by atoms with van der Waals surface area (Å²) in [5, 5.41) is 0. The molecule has 1 fully saturated rings. The molecule has 2 aromatic carbocycles. The lowest BCUT2D eigenvalue weighted by Crippen LogP contribution is -2.39. The highest BCUT2D eigenvalue weighted by molar-refractivity contribution is 5.94. The fourth-order valence-corrected chi connectivity index (χ4v) is 3.84. The van der Waals surface area contributed by atoms with Crippen molar-refractivity contribution in [3.05, 3.63) is 101 Å². The number of carbonyl (C=O) groups excluding carboxylic acids is 1. The number of halogens is 2. The lowest BCUT2D eigenvalue weighted by Gasteiger charge is -2.32. The SMILES string of the molecule is O=C(c1ccc(F)cc1)N1CCC[C@@H](c2cccc(Cc3ccccc3F)n2)C1. The van der Waals surface area contributed by atoms with E-state index in [9.17, 15) is 13.6 Å². The van der Waals surface area contributed by atoms with Gasteiger partial charge in [-0.1, -0.05) is 24.3 Å². The molecule has 1 aliphatic heterocycles. The summed E-state index contributed by atoms with van der Waals surface area (Å²) < 4.78 is 27.1. The number of benzene rings is 2. The number of aromatic nitrogens is 1. The molecule has 1 saturated heterocycles. The van der Waals surface area contributed by atoms with Gasteiger partial charge in [0.25, 0.3) is 5.91 Å². The van der Waals surface area contributed by atoms with Crippen LogP contribution in [0.25, 0.3) is 0 Å². The quantitative estimate of drug-likeness (QED) is 0.628. The fourth-order valence-electron chi connectivity index (χ4n) is 3.84. The van der Waals surface area contributed by atoms with Crippen LogP contribution in [0.15, 0.2) is 66.7 Å². The average Bonchev–Trinajstić information content (AvgIpc) is 2.76. The first-order valence-corrected chi connectivity index (χ1v) is 9.84. The van der Waals surface area contributed by atoms with Crippen molar-refractivity contribution in [3.8, 4) is 0 Å². The van der Waals surface area contributed by atoms with Crippen molar-refractivity contribution in [2.24, 2.45) is 0 Å². The van der Waals surface area contributed by atoms with Gasteiger partial charge in [-0.3, -0.25) is 9.78 Å². The summed E-state index contributed by atoms with van der Waals surface area (Å²) in [6.45, 7) is 1.26. The Morgan fingerprint density at radius 2 is 1.79 bits per heavy atom. The van der Waals surface area contributed by atoms with Crippen LogP contribution in [0.5, 0.6) is 0 Å². The third-order valence-corrected chi connectivity index (χ3v) is 5.38. The van der Waals surface area contributed by atoms with E-state index < -0.39 is 0 Å². The molecule has 2 heterocycles. The molecule has 3 aromatic rings. The van der Waals surface area contributed by atoms with Crippen LogP contribution in [-0.4, -0.2) is 28.9 Å². The molecule has 4 rings (SSSR count). The van der Waals surface area contributed by atoms with Gasteiger partial charge in [0.05, 0.1) is 0 Å². The minimum absolute atomic E-state index is 0.0859. The summed E-state index contributed by atoms with van der Waals surface area (Å²) >= 11 is 0. The van der Waals surface area contributed by atoms with E-state index in [1.165, 1.54) is 30.3 Å². The molecular formula is C24H22F2N2O. The highest BCUT2D eigenvalue weighted by Gasteiger charge is 2.26. The number of likely N-dealkylation sites (tertiary alicyclic amines) is 1. The second-order valence-electron chi connectivity index (χ2n) is 7.42. The lowest BCUT2D eigenvalue weighted by atomic mass is 9.93. The molecule has 148 valence electrons. The molecule has 0 spiro atoms. The predicted octanol–water partition coefficient (Wildman–Crippen LogP) is 4.97. The van der Waals surface area contributed by atoms with E-state index in [2.05, 4.69) is 0 Å². The molecular weight excluding hydrogens is 370 g/mol. The van der Waals surface area contributed by atoms with Crippen molar-refractivity contribution in [2.75, 3.05) is 13.1 Å². The molecule has 1 atom stereocenters. The number of hydrogen-bond donors (Lipinski definition) is 0. The van der Waals surface area contributed by atoms with Crippen LogP contribution >= 0.6 is 0 Å². The van der Waals surface area contributed by atoms with Gasteiger partial charge in [0, 0.05) is 42.4 Å². The van der Waals surface area contributed by atoms with Gasteiger partial charge >= 0.3 is 0 Å².